The van der Waals surface area contributed by atoms with Gasteiger partial charge in [-0.1, -0.05) is 36.4 Å². The molecule has 0 bridgehead atoms. The molecule has 3 aromatic carbocycles. The molecule has 0 heterocycles. The third-order valence-corrected chi connectivity index (χ3v) is 6.02. The Morgan fingerprint density at radius 3 is 1.00 bits per heavy atom. The van der Waals surface area contributed by atoms with E-state index in [-0.39, 0.29) is 0 Å². The van der Waals surface area contributed by atoms with Gasteiger partial charge in [0.1, 0.15) is 0 Å². The maximum absolute atomic E-state index is 2.41. The molecule has 0 aromatic heterocycles. The lowest BCUT2D eigenvalue weighted by atomic mass is 10.2. The molecule has 0 amide bonds. The highest BCUT2D eigenvalue weighted by atomic mass is 127. The number of hydrogen-bond acceptors (Lipinski definition) is 1. The standard InChI is InChI=1S/C18H12I3N/c19-13-7-1-4-10-16(13)22(17-11-5-2-8-14(17)20)18-12-6-3-9-15(18)21/h1-12H. The number of benzene rings is 3. The molecule has 0 N–H and O–H groups in total. The van der Waals surface area contributed by atoms with Gasteiger partial charge in [-0.2, -0.15) is 0 Å². The van der Waals surface area contributed by atoms with E-state index in [1.807, 2.05) is 0 Å². The fourth-order valence-corrected chi connectivity index (χ4v) is 4.17. The molecule has 22 heavy (non-hydrogen) atoms. The zero-order valence-corrected chi connectivity index (χ0v) is 18.0. The molecule has 0 saturated carbocycles. The summed E-state index contributed by atoms with van der Waals surface area (Å²) in [7, 11) is 0. The van der Waals surface area contributed by atoms with E-state index in [1.165, 1.54) is 27.8 Å². The van der Waals surface area contributed by atoms with Crippen molar-refractivity contribution in [2.45, 2.75) is 0 Å². The first-order valence-corrected chi connectivity index (χ1v) is 9.96. The van der Waals surface area contributed by atoms with E-state index in [0.29, 0.717) is 0 Å². The van der Waals surface area contributed by atoms with Crippen LogP contribution in [0, 0.1) is 10.7 Å². The molecule has 0 saturated heterocycles. The van der Waals surface area contributed by atoms with Crippen LogP contribution in [0.2, 0.25) is 0 Å². The van der Waals surface area contributed by atoms with Crippen LogP contribution in [0.25, 0.3) is 0 Å². The second-order valence-corrected chi connectivity index (χ2v) is 8.18. The normalized spacial score (nSPS) is 10.5. The number of halogens is 3. The minimum absolute atomic E-state index is 1.20. The summed E-state index contributed by atoms with van der Waals surface area (Å²) in [4.78, 5) is 2.34. The summed E-state index contributed by atoms with van der Waals surface area (Å²) in [6.45, 7) is 0. The van der Waals surface area contributed by atoms with Gasteiger partial charge in [-0.15, -0.1) is 0 Å². The second kappa shape index (κ2) is 7.48. The van der Waals surface area contributed by atoms with Gasteiger partial charge in [0, 0.05) is 10.7 Å². The average Bonchev–Trinajstić information content (AvgIpc) is 2.53. The Morgan fingerprint density at radius 2 is 0.727 bits per heavy atom. The molecule has 0 unspecified atom stereocenters. The fraction of sp³-hybridized carbons (Fsp3) is 0. The topological polar surface area (TPSA) is 3.24 Å². The minimum Gasteiger partial charge on any atom is -0.307 e. The van der Waals surface area contributed by atoms with Crippen LogP contribution in [0.15, 0.2) is 72.8 Å². The third-order valence-electron chi connectivity index (χ3n) is 3.28. The zero-order chi connectivity index (χ0) is 15.5. The van der Waals surface area contributed by atoms with Crippen molar-refractivity contribution in [1.29, 1.82) is 0 Å². The Bertz CT molecular complexity index is 693. The predicted octanol–water partition coefficient (Wildman–Crippen LogP) is 6.97. The van der Waals surface area contributed by atoms with Crippen LogP contribution in [-0.2, 0) is 0 Å². The summed E-state index contributed by atoms with van der Waals surface area (Å²) in [5.41, 5.74) is 3.61. The molecule has 0 radical (unpaired) electrons. The van der Waals surface area contributed by atoms with Crippen molar-refractivity contribution >= 4 is 84.8 Å². The van der Waals surface area contributed by atoms with Crippen LogP contribution in [0.5, 0.6) is 0 Å². The van der Waals surface area contributed by atoms with Crippen LogP contribution in [-0.4, -0.2) is 0 Å². The van der Waals surface area contributed by atoms with E-state index in [9.17, 15) is 0 Å². The molecule has 4 heteroatoms. The predicted molar refractivity (Wildman–Crippen MR) is 119 cm³/mol. The Kier molecular flexibility index (Phi) is 5.61. The van der Waals surface area contributed by atoms with E-state index in [2.05, 4.69) is 145 Å². The SMILES string of the molecule is Ic1ccccc1N(c1ccccc1I)c1ccccc1I. The van der Waals surface area contributed by atoms with E-state index in [4.69, 9.17) is 0 Å². The summed E-state index contributed by atoms with van der Waals surface area (Å²) in [6, 6.07) is 25.5. The summed E-state index contributed by atoms with van der Waals surface area (Å²) in [6.07, 6.45) is 0. The average molecular weight is 623 g/mol. The maximum Gasteiger partial charge on any atom is 0.0595 e. The van der Waals surface area contributed by atoms with E-state index in [1.54, 1.807) is 0 Å². The van der Waals surface area contributed by atoms with Crippen LogP contribution in [0.3, 0.4) is 0 Å². The largest absolute Gasteiger partial charge is 0.307 e. The Hall–Kier alpha value is -0.350. The maximum atomic E-state index is 2.41. The monoisotopic (exact) mass is 623 g/mol. The quantitative estimate of drug-likeness (QED) is 0.285. The highest BCUT2D eigenvalue weighted by Crippen LogP contribution is 2.40. The van der Waals surface area contributed by atoms with Crippen LogP contribution < -0.4 is 4.90 Å². The van der Waals surface area contributed by atoms with Gasteiger partial charge in [-0.25, -0.2) is 0 Å². The number of para-hydroxylation sites is 3. The number of rotatable bonds is 3. The molecule has 0 aliphatic carbocycles. The van der Waals surface area contributed by atoms with Gasteiger partial charge in [0.15, 0.2) is 0 Å². The van der Waals surface area contributed by atoms with E-state index < -0.39 is 0 Å². The molecule has 110 valence electrons. The lowest BCUT2D eigenvalue weighted by molar-refractivity contribution is 1.25. The molecule has 0 aliphatic heterocycles. The number of hydrogen-bond donors (Lipinski definition) is 0. The first kappa shape index (κ1) is 16.5. The van der Waals surface area contributed by atoms with E-state index in [0.717, 1.165) is 0 Å². The van der Waals surface area contributed by atoms with Gasteiger partial charge in [0.25, 0.3) is 0 Å². The van der Waals surface area contributed by atoms with Crippen molar-refractivity contribution < 1.29 is 0 Å². The van der Waals surface area contributed by atoms with Gasteiger partial charge >= 0.3 is 0 Å². The Labute approximate surface area is 171 Å². The second-order valence-electron chi connectivity index (χ2n) is 4.69. The van der Waals surface area contributed by atoms with Crippen LogP contribution in [0.1, 0.15) is 0 Å². The Balaban J connectivity index is 2.27. The summed E-state index contributed by atoms with van der Waals surface area (Å²) < 4.78 is 3.71. The lowest BCUT2D eigenvalue weighted by Crippen LogP contribution is -2.13. The van der Waals surface area contributed by atoms with Gasteiger partial charge in [0.2, 0.25) is 0 Å². The van der Waals surface area contributed by atoms with Gasteiger partial charge in [0.05, 0.1) is 17.1 Å². The van der Waals surface area contributed by atoms with Crippen molar-refractivity contribution in [2.24, 2.45) is 0 Å². The van der Waals surface area contributed by atoms with Crippen LogP contribution >= 0.6 is 67.8 Å². The molecular weight excluding hydrogens is 611 g/mol. The van der Waals surface area contributed by atoms with Crippen molar-refractivity contribution in [1.82, 2.24) is 0 Å². The molecule has 3 aromatic rings. The lowest BCUT2D eigenvalue weighted by Gasteiger charge is -2.28. The summed E-state index contributed by atoms with van der Waals surface area (Å²) in [5, 5.41) is 0. The number of anilines is 3. The highest BCUT2D eigenvalue weighted by molar-refractivity contribution is 14.1. The van der Waals surface area contributed by atoms with Gasteiger partial charge < -0.3 is 4.90 Å². The smallest absolute Gasteiger partial charge is 0.0595 e. The third kappa shape index (κ3) is 3.43. The van der Waals surface area contributed by atoms with E-state index >= 15 is 0 Å². The first-order chi connectivity index (χ1) is 10.7. The summed E-state index contributed by atoms with van der Waals surface area (Å²) in [5.74, 6) is 0. The molecular formula is C18H12I3N. The highest BCUT2D eigenvalue weighted by Gasteiger charge is 2.18. The first-order valence-electron chi connectivity index (χ1n) is 6.72. The van der Waals surface area contributed by atoms with Crippen LogP contribution in [0.4, 0.5) is 17.1 Å². The summed E-state index contributed by atoms with van der Waals surface area (Å²) >= 11 is 7.22. The van der Waals surface area contributed by atoms with Gasteiger partial charge in [-0.3, -0.25) is 0 Å². The van der Waals surface area contributed by atoms with Crippen molar-refractivity contribution in [2.75, 3.05) is 4.90 Å². The van der Waals surface area contributed by atoms with Crippen molar-refractivity contribution in [3.05, 3.63) is 83.5 Å². The van der Waals surface area contributed by atoms with Gasteiger partial charge in [-0.05, 0) is 104 Å². The number of nitrogens with zero attached hydrogens (tertiary/aromatic N) is 1. The van der Waals surface area contributed by atoms with Crippen molar-refractivity contribution in [3.63, 3.8) is 0 Å². The minimum atomic E-state index is 1.20. The zero-order valence-electron chi connectivity index (χ0n) is 11.5. The van der Waals surface area contributed by atoms with Crippen molar-refractivity contribution in [3.8, 4) is 0 Å². The molecule has 1 nitrogen and oxygen atoms in total. The molecule has 0 fully saturated rings. The molecule has 0 spiro atoms. The molecule has 0 aliphatic rings. The molecule has 3 rings (SSSR count). The molecule has 0 atom stereocenters. The fourth-order valence-electron chi connectivity index (χ4n) is 2.29. The Morgan fingerprint density at radius 1 is 0.455 bits per heavy atom.